The van der Waals surface area contributed by atoms with Crippen LogP contribution < -0.4 is 9.88 Å². The third-order valence-electron chi connectivity index (χ3n) is 7.20. The fourth-order valence-corrected chi connectivity index (χ4v) is 5.73. The molecule has 0 amide bonds. The van der Waals surface area contributed by atoms with E-state index in [4.69, 9.17) is 14.3 Å². The van der Waals surface area contributed by atoms with Crippen molar-refractivity contribution >= 4 is 10.0 Å². The summed E-state index contributed by atoms with van der Waals surface area (Å²) in [5.74, 6) is 1.80. The summed E-state index contributed by atoms with van der Waals surface area (Å²) >= 11 is 0. The Bertz CT molecular complexity index is 1250. The van der Waals surface area contributed by atoms with E-state index >= 15 is 0 Å². The van der Waals surface area contributed by atoms with Gasteiger partial charge in [0.05, 0.1) is 38.3 Å². The zero-order chi connectivity index (χ0) is 26.5. The SMILES string of the molecule is C[N+](C)(CCCOc1ccc(S(N)(=O)=O)cc1)Cc1cnc([C@](O)(c2ccccc2)C2CCCCC2)o1. The number of hydrogen-bond donors (Lipinski definition) is 2. The van der Waals surface area contributed by atoms with Crippen molar-refractivity contribution in [3.63, 3.8) is 0 Å². The van der Waals surface area contributed by atoms with Crippen molar-refractivity contribution in [1.29, 1.82) is 0 Å². The lowest BCUT2D eigenvalue weighted by Crippen LogP contribution is -2.40. The summed E-state index contributed by atoms with van der Waals surface area (Å²) in [6, 6.07) is 15.9. The summed E-state index contributed by atoms with van der Waals surface area (Å²) in [6.07, 6.45) is 7.86. The molecule has 3 aromatic rings. The standard InChI is InChI=1S/C28H38N3O5S/c1-31(2,18-9-19-35-24-14-16-26(17-15-24)37(29,33)34)21-25-20-30-27(36-25)28(32,22-10-5-3-6-11-22)23-12-7-4-8-13-23/h3,5-6,10-11,14-17,20,23,32H,4,7-9,12-13,18-19,21H2,1-2H3,(H2,29,33,34)/q+1/t28-/m0/s1. The summed E-state index contributed by atoms with van der Waals surface area (Å²) in [5.41, 5.74) is -0.401. The second kappa shape index (κ2) is 11.3. The van der Waals surface area contributed by atoms with Gasteiger partial charge in [-0.2, -0.15) is 0 Å². The van der Waals surface area contributed by atoms with Gasteiger partial charge in [0.2, 0.25) is 15.9 Å². The molecule has 1 heterocycles. The third kappa shape index (κ3) is 6.78. The van der Waals surface area contributed by atoms with E-state index < -0.39 is 15.6 Å². The highest BCUT2D eigenvalue weighted by molar-refractivity contribution is 7.89. The van der Waals surface area contributed by atoms with Crippen LogP contribution in [0.15, 0.2) is 70.1 Å². The molecule has 1 fully saturated rings. The van der Waals surface area contributed by atoms with Crippen molar-refractivity contribution in [1.82, 2.24) is 4.98 Å². The number of aromatic nitrogens is 1. The predicted octanol–water partition coefficient (Wildman–Crippen LogP) is 4.18. The lowest BCUT2D eigenvalue weighted by molar-refractivity contribution is -0.904. The van der Waals surface area contributed by atoms with Crippen molar-refractivity contribution in [3.05, 3.63) is 78.0 Å². The molecule has 3 N–H and O–H groups in total. The number of nitrogens with two attached hydrogens (primary N) is 1. The second-order valence-corrected chi connectivity index (χ2v) is 12.2. The summed E-state index contributed by atoms with van der Waals surface area (Å²) < 4.78 is 35.4. The molecule has 8 nitrogen and oxygen atoms in total. The quantitative estimate of drug-likeness (QED) is 0.285. The highest BCUT2D eigenvalue weighted by atomic mass is 32.2. The molecule has 1 aliphatic carbocycles. The Morgan fingerprint density at radius 2 is 1.76 bits per heavy atom. The van der Waals surface area contributed by atoms with E-state index in [-0.39, 0.29) is 10.8 Å². The highest BCUT2D eigenvalue weighted by Gasteiger charge is 2.44. The minimum atomic E-state index is -3.71. The number of ether oxygens (including phenoxy) is 1. The van der Waals surface area contributed by atoms with E-state index in [1.165, 1.54) is 18.6 Å². The highest BCUT2D eigenvalue weighted by Crippen LogP contribution is 2.43. The molecule has 0 radical (unpaired) electrons. The monoisotopic (exact) mass is 528 g/mol. The Labute approximate surface area is 219 Å². The van der Waals surface area contributed by atoms with Gasteiger partial charge in [-0.25, -0.2) is 18.5 Å². The second-order valence-electron chi connectivity index (χ2n) is 10.6. The van der Waals surface area contributed by atoms with Crippen LogP contribution in [0.5, 0.6) is 5.75 Å². The zero-order valence-electron chi connectivity index (χ0n) is 21.7. The van der Waals surface area contributed by atoms with E-state index in [9.17, 15) is 13.5 Å². The minimum absolute atomic E-state index is 0.0618. The van der Waals surface area contributed by atoms with Crippen LogP contribution in [0, 0.1) is 5.92 Å². The van der Waals surface area contributed by atoms with E-state index in [2.05, 4.69) is 19.1 Å². The Kier molecular flexibility index (Phi) is 8.38. The van der Waals surface area contributed by atoms with Crippen molar-refractivity contribution < 1.29 is 27.2 Å². The van der Waals surface area contributed by atoms with E-state index in [0.717, 1.165) is 50.0 Å². The maximum absolute atomic E-state index is 12.0. The first-order valence-corrected chi connectivity index (χ1v) is 14.4. The molecule has 0 bridgehead atoms. The topological polar surface area (TPSA) is 116 Å². The molecule has 0 unspecified atom stereocenters. The van der Waals surface area contributed by atoms with Crippen LogP contribution in [0.1, 0.15) is 55.7 Å². The summed E-state index contributed by atoms with van der Waals surface area (Å²) in [4.78, 5) is 4.64. The first-order chi connectivity index (χ1) is 17.6. The fraction of sp³-hybridized carbons (Fsp3) is 0.464. The van der Waals surface area contributed by atoms with Crippen LogP contribution in [0.3, 0.4) is 0 Å². The number of aliphatic hydroxyl groups is 1. The largest absolute Gasteiger partial charge is 0.493 e. The molecular weight excluding hydrogens is 490 g/mol. The number of rotatable bonds is 11. The van der Waals surface area contributed by atoms with E-state index in [1.807, 2.05) is 30.3 Å². The minimum Gasteiger partial charge on any atom is -0.493 e. The van der Waals surface area contributed by atoms with Crippen molar-refractivity contribution in [3.8, 4) is 5.75 Å². The van der Waals surface area contributed by atoms with Crippen LogP contribution in [0.2, 0.25) is 0 Å². The van der Waals surface area contributed by atoms with Crippen molar-refractivity contribution in [2.24, 2.45) is 11.1 Å². The van der Waals surface area contributed by atoms with Gasteiger partial charge in [-0.05, 0) is 42.7 Å². The molecule has 200 valence electrons. The average Bonchev–Trinajstić information content (AvgIpc) is 3.35. The molecule has 1 aromatic heterocycles. The van der Waals surface area contributed by atoms with Gasteiger partial charge in [0, 0.05) is 12.3 Å². The Morgan fingerprint density at radius 3 is 2.41 bits per heavy atom. The molecule has 1 saturated carbocycles. The van der Waals surface area contributed by atoms with Gasteiger partial charge in [0.25, 0.3) is 0 Å². The Balaban J connectivity index is 1.37. The van der Waals surface area contributed by atoms with Gasteiger partial charge in [0.15, 0.2) is 11.4 Å². The van der Waals surface area contributed by atoms with E-state index in [0.29, 0.717) is 29.3 Å². The van der Waals surface area contributed by atoms with Crippen molar-refractivity contribution in [2.75, 3.05) is 27.2 Å². The fourth-order valence-electron chi connectivity index (χ4n) is 5.21. The van der Waals surface area contributed by atoms with Crippen LogP contribution >= 0.6 is 0 Å². The number of quaternary nitrogens is 1. The molecule has 1 atom stereocenters. The number of oxazole rings is 1. The maximum Gasteiger partial charge on any atom is 0.238 e. The molecule has 37 heavy (non-hydrogen) atoms. The zero-order valence-corrected chi connectivity index (χ0v) is 22.5. The lowest BCUT2D eigenvalue weighted by Gasteiger charge is -2.36. The van der Waals surface area contributed by atoms with E-state index in [1.54, 1.807) is 18.3 Å². The van der Waals surface area contributed by atoms with Crippen LogP contribution in [-0.4, -0.2) is 50.2 Å². The number of hydrogen-bond acceptors (Lipinski definition) is 6. The number of primary sulfonamides is 1. The number of sulfonamides is 1. The molecule has 2 aromatic carbocycles. The average molecular weight is 529 g/mol. The van der Waals surface area contributed by atoms with Crippen molar-refractivity contribution in [2.45, 2.75) is 55.6 Å². The molecule has 0 saturated heterocycles. The molecule has 0 spiro atoms. The first kappa shape index (κ1) is 27.3. The normalized spacial score (nSPS) is 16.9. The van der Waals surface area contributed by atoms with Crippen LogP contribution in [-0.2, 0) is 22.2 Å². The lowest BCUT2D eigenvalue weighted by atomic mass is 9.73. The smallest absolute Gasteiger partial charge is 0.238 e. The first-order valence-electron chi connectivity index (χ1n) is 12.9. The Morgan fingerprint density at radius 1 is 1.08 bits per heavy atom. The Hall–Kier alpha value is -2.72. The summed E-state index contributed by atoms with van der Waals surface area (Å²) in [5, 5.41) is 17.2. The van der Waals surface area contributed by atoms with Gasteiger partial charge in [-0.15, -0.1) is 0 Å². The summed E-state index contributed by atoms with van der Waals surface area (Å²) in [6.45, 7) is 1.95. The number of nitrogens with zero attached hydrogens (tertiary/aromatic N) is 2. The number of benzene rings is 2. The van der Waals surface area contributed by atoms with Gasteiger partial charge < -0.3 is 18.7 Å². The molecule has 0 aliphatic heterocycles. The molecule has 4 rings (SSSR count). The summed E-state index contributed by atoms with van der Waals surface area (Å²) in [7, 11) is 0.526. The van der Waals surface area contributed by atoms with Gasteiger partial charge in [0.1, 0.15) is 12.3 Å². The molecule has 9 heteroatoms. The predicted molar refractivity (Wildman–Crippen MR) is 141 cm³/mol. The van der Waals surface area contributed by atoms with Gasteiger partial charge in [-0.3, -0.25) is 0 Å². The third-order valence-corrected chi connectivity index (χ3v) is 8.13. The van der Waals surface area contributed by atoms with Crippen LogP contribution in [0.4, 0.5) is 0 Å². The maximum atomic E-state index is 12.0. The molecule has 1 aliphatic rings. The van der Waals surface area contributed by atoms with Gasteiger partial charge >= 0.3 is 0 Å². The molecular formula is C28H38N3O5S+. The van der Waals surface area contributed by atoms with Gasteiger partial charge in [-0.1, -0.05) is 49.6 Å². The van der Waals surface area contributed by atoms with Crippen LogP contribution in [0.25, 0.3) is 0 Å².